The lowest BCUT2D eigenvalue weighted by Gasteiger charge is -2.49. The maximum atomic E-state index is 13.1. The Morgan fingerprint density at radius 2 is 2.13 bits per heavy atom. The van der Waals surface area contributed by atoms with Crippen LogP contribution in [-0.4, -0.2) is 71.6 Å². The lowest BCUT2D eigenvalue weighted by Crippen LogP contribution is -2.71. The molecule has 2 aliphatic heterocycles. The van der Waals surface area contributed by atoms with Gasteiger partial charge >= 0.3 is 5.97 Å². The molecule has 0 radical (unpaired) electrons. The SMILES string of the molecule is CCO/N=C(\C(=O)NC1C(=O)N2C(C(=O)O)=C(Sc3nc(-c4cc[n+](C)cc4)cs3)CSC12)c1nsc(N)n1. The highest BCUT2D eigenvalue weighted by Gasteiger charge is 2.54. The van der Waals surface area contributed by atoms with E-state index in [0.29, 0.717) is 15.0 Å². The number of aliphatic carboxylic acids is 1. The number of thiazole rings is 1. The highest BCUT2D eigenvalue weighted by atomic mass is 32.2. The quantitative estimate of drug-likeness (QED) is 0.139. The molecule has 0 aliphatic carbocycles. The minimum Gasteiger partial charge on any atom is -0.477 e. The zero-order valence-electron chi connectivity index (χ0n) is 20.4. The number of oxime groups is 1. The summed E-state index contributed by atoms with van der Waals surface area (Å²) in [4.78, 5) is 53.7. The molecule has 2 unspecified atom stereocenters. The van der Waals surface area contributed by atoms with Gasteiger partial charge in [0.25, 0.3) is 11.8 Å². The van der Waals surface area contributed by atoms with Crippen molar-refractivity contribution >= 4 is 75.0 Å². The molecule has 3 aromatic heterocycles. The van der Waals surface area contributed by atoms with Gasteiger partial charge in [0.2, 0.25) is 11.5 Å². The first kappa shape index (κ1) is 27.0. The van der Waals surface area contributed by atoms with E-state index in [-0.39, 0.29) is 29.0 Å². The van der Waals surface area contributed by atoms with Crippen LogP contribution in [0.15, 0.2) is 50.0 Å². The van der Waals surface area contributed by atoms with Crippen LogP contribution in [0.5, 0.6) is 0 Å². The Morgan fingerprint density at radius 3 is 2.79 bits per heavy atom. The summed E-state index contributed by atoms with van der Waals surface area (Å²) < 4.78 is 6.57. The highest BCUT2D eigenvalue weighted by Crippen LogP contribution is 2.46. The molecule has 0 saturated carbocycles. The third-order valence-corrected chi connectivity index (χ3v) is 9.57. The molecule has 0 bridgehead atoms. The van der Waals surface area contributed by atoms with Gasteiger partial charge in [-0.1, -0.05) is 16.9 Å². The molecule has 2 aliphatic rings. The molecule has 39 heavy (non-hydrogen) atoms. The van der Waals surface area contributed by atoms with Crippen molar-refractivity contribution in [3.05, 3.63) is 46.3 Å². The van der Waals surface area contributed by atoms with Crippen LogP contribution in [0.4, 0.5) is 5.13 Å². The number of aryl methyl sites for hydroxylation is 1. The van der Waals surface area contributed by atoms with Crippen LogP contribution < -0.4 is 15.6 Å². The average molecular weight is 606 g/mol. The fourth-order valence-electron chi connectivity index (χ4n) is 3.74. The van der Waals surface area contributed by atoms with E-state index < -0.39 is 29.2 Å². The molecule has 0 spiro atoms. The van der Waals surface area contributed by atoms with Gasteiger partial charge in [-0.25, -0.2) is 14.3 Å². The normalized spacial score (nSPS) is 19.0. The van der Waals surface area contributed by atoms with Crippen molar-refractivity contribution in [1.29, 1.82) is 0 Å². The predicted octanol–water partition coefficient (Wildman–Crippen LogP) is 1.30. The largest absolute Gasteiger partial charge is 0.477 e. The summed E-state index contributed by atoms with van der Waals surface area (Å²) in [5, 5.41) is 17.8. The van der Waals surface area contributed by atoms with E-state index in [0.717, 1.165) is 22.8 Å². The molecule has 17 heteroatoms. The first-order chi connectivity index (χ1) is 18.8. The minimum absolute atomic E-state index is 0.0274. The Bertz CT molecular complexity index is 1500. The number of nitrogen functional groups attached to an aromatic ring is 1. The molecule has 202 valence electrons. The summed E-state index contributed by atoms with van der Waals surface area (Å²) in [5.41, 5.74) is 7.02. The number of aromatic nitrogens is 4. The molecule has 2 atom stereocenters. The number of nitrogens with zero attached hydrogens (tertiary/aromatic N) is 6. The van der Waals surface area contributed by atoms with E-state index >= 15 is 0 Å². The van der Waals surface area contributed by atoms with Crippen LogP contribution in [0.25, 0.3) is 11.3 Å². The Balaban J connectivity index is 1.32. The van der Waals surface area contributed by atoms with Gasteiger partial charge in [0.15, 0.2) is 21.9 Å². The molecule has 1 fully saturated rings. The average Bonchev–Trinajstić information content (AvgIpc) is 3.56. The molecular weight excluding hydrogens is 585 g/mol. The van der Waals surface area contributed by atoms with E-state index in [1.165, 1.54) is 39.8 Å². The Kier molecular flexibility index (Phi) is 7.83. The summed E-state index contributed by atoms with van der Waals surface area (Å²) in [6.45, 7) is 1.89. The van der Waals surface area contributed by atoms with Crippen LogP contribution in [0.1, 0.15) is 12.7 Å². The van der Waals surface area contributed by atoms with Crippen LogP contribution in [-0.2, 0) is 26.3 Å². The minimum atomic E-state index is -1.23. The number of hydrogen-bond acceptors (Lipinski definition) is 13. The number of fused-ring (bicyclic) bond motifs is 1. The number of carbonyl (C=O) groups is 3. The van der Waals surface area contributed by atoms with Crippen LogP contribution in [0.3, 0.4) is 0 Å². The van der Waals surface area contributed by atoms with Gasteiger partial charge in [0, 0.05) is 45.3 Å². The van der Waals surface area contributed by atoms with Crippen molar-refractivity contribution in [3.8, 4) is 11.3 Å². The first-order valence-electron chi connectivity index (χ1n) is 11.4. The summed E-state index contributed by atoms with van der Waals surface area (Å²) in [6.07, 6.45) is 3.84. The Hall–Kier alpha value is -3.54. The maximum Gasteiger partial charge on any atom is 0.353 e. The van der Waals surface area contributed by atoms with Gasteiger partial charge in [-0.15, -0.1) is 23.1 Å². The Labute approximate surface area is 238 Å². The van der Waals surface area contributed by atoms with Crippen molar-refractivity contribution in [3.63, 3.8) is 0 Å². The molecule has 0 aromatic carbocycles. The van der Waals surface area contributed by atoms with Crippen molar-refractivity contribution in [2.24, 2.45) is 12.2 Å². The number of β-lactam (4-membered cyclic amide) rings is 1. The predicted molar refractivity (Wildman–Crippen MR) is 147 cm³/mol. The topological polar surface area (TPSA) is 177 Å². The van der Waals surface area contributed by atoms with Gasteiger partial charge in [0.05, 0.1) is 5.69 Å². The number of thioether (sulfide) groups is 2. The number of carboxylic acids is 1. The van der Waals surface area contributed by atoms with E-state index in [2.05, 4.69) is 24.8 Å². The second-order valence-corrected chi connectivity index (χ2v) is 12.2. The Morgan fingerprint density at radius 1 is 1.36 bits per heavy atom. The van der Waals surface area contributed by atoms with Crippen molar-refractivity contribution < 1.29 is 28.9 Å². The zero-order valence-corrected chi connectivity index (χ0v) is 23.7. The highest BCUT2D eigenvalue weighted by molar-refractivity contribution is 8.07. The van der Waals surface area contributed by atoms with Crippen LogP contribution in [0.2, 0.25) is 0 Å². The van der Waals surface area contributed by atoms with E-state index in [1.54, 1.807) is 6.92 Å². The summed E-state index contributed by atoms with van der Waals surface area (Å²) in [7, 11) is 1.93. The number of carboxylic acid groups (broad SMARTS) is 1. The number of anilines is 1. The van der Waals surface area contributed by atoms with E-state index in [4.69, 9.17) is 10.6 Å². The fraction of sp³-hybridized carbons (Fsp3) is 0.273. The molecule has 4 N–H and O–H groups in total. The van der Waals surface area contributed by atoms with Gasteiger partial charge < -0.3 is 21.0 Å². The third kappa shape index (κ3) is 5.47. The second kappa shape index (κ2) is 11.3. The molecular formula is C22H21N8O5S4+. The number of nitrogens with two attached hydrogens (primary N) is 1. The maximum absolute atomic E-state index is 13.1. The monoisotopic (exact) mass is 605 g/mol. The summed E-state index contributed by atoms with van der Waals surface area (Å²) in [6, 6.07) is 2.94. The van der Waals surface area contributed by atoms with Crippen LogP contribution >= 0.6 is 46.4 Å². The smallest absolute Gasteiger partial charge is 0.353 e. The standard InChI is InChI=1S/C22H20N8O5S4/c1-3-35-27-13(16-26-21(23)39-28-16)17(31)25-14-18(32)30-15(20(33)34)12(9-36-19(14)30)38-22-24-11(8-37-22)10-4-6-29(2)7-5-10/h4-8,14,19H,3,9H2,1-2H3,(H3-,23,25,26,28,31,33,34)/p+1/b27-13-. The van der Waals surface area contributed by atoms with Crippen molar-refractivity contribution in [1.82, 2.24) is 24.6 Å². The van der Waals surface area contributed by atoms with Gasteiger partial charge in [-0.3, -0.25) is 14.5 Å². The van der Waals surface area contributed by atoms with Gasteiger partial charge in [-0.2, -0.15) is 9.36 Å². The van der Waals surface area contributed by atoms with E-state index in [1.807, 2.05) is 41.5 Å². The molecule has 5 rings (SSSR count). The fourth-order valence-corrected chi connectivity index (χ4v) is 7.63. The number of pyridine rings is 1. The molecule has 2 amide bonds. The van der Waals surface area contributed by atoms with Crippen LogP contribution in [0, 0.1) is 0 Å². The van der Waals surface area contributed by atoms with Crippen molar-refractivity contribution in [2.75, 3.05) is 18.1 Å². The lowest BCUT2D eigenvalue weighted by atomic mass is 10.0. The molecule has 1 saturated heterocycles. The number of nitrogens with one attached hydrogen (secondary N) is 1. The zero-order chi connectivity index (χ0) is 27.7. The van der Waals surface area contributed by atoms with Crippen molar-refractivity contribution in [2.45, 2.75) is 22.7 Å². The van der Waals surface area contributed by atoms with Gasteiger partial charge in [-0.05, 0) is 6.92 Å². The lowest BCUT2D eigenvalue weighted by molar-refractivity contribution is -0.671. The van der Waals surface area contributed by atoms with E-state index in [9.17, 15) is 19.5 Å². The first-order valence-corrected chi connectivity index (χ1v) is 14.9. The molecule has 3 aromatic rings. The number of carbonyl (C=O) groups excluding carboxylic acids is 2. The summed E-state index contributed by atoms with van der Waals surface area (Å²) >= 11 is 4.86. The second-order valence-electron chi connectivity index (χ2n) is 8.10. The van der Waals surface area contributed by atoms with Gasteiger partial charge in [0.1, 0.15) is 30.8 Å². The molecule has 5 heterocycles. The molecule has 13 nitrogen and oxygen atoms in total. The number of amides is 2. The summed E-state index contributed by atoms with van der Waals surface area (Å²) in [5.74, 6) is -2.21. The third-order valence-electron chi connectivity index (χ3n) is 5.54. The number of rotatable bonds is 9. The number of hydrogen-bond donors (Lipinski definition) is 3.